The van der Waals surface area contributed by atoms with Crippen LogP contribution in [0.4, 0.5) is 17.6 Å². The van der Waals surface area contributed by atoms with E-state index in [0.29, 0.717) is 17.4 Å². The van der Waals surface area contributed by atoms with Gasteiger partial charge in [-0.15, -0.1) is 0 Å². The first-order valence-corrected chi connectivity index (χ1v) is 6.35. The lowest BCUT2D eigenvalue weighted by atomic mass is 9.72. The third kappa shape index (κ3) is 4.61. The summed E-state index contributed by atoms with van der Waals surface area (Å²) in [5.74, 6) is -3.39. The number of carboxylic acid groups (broad SMARTS) is 1. The van der Waals surface area contributed by atoms with Gasteiger partial charge in [-0.05, 0) is 40.9 Å². The molecule has 1 aromatic heterocycles. The number of hydrogen-bond donors (Lipinski definition) is 3. The molecule has 1 heterocycles. The topological polar surface area (TPSA) is 96.4 Å². The molecule has 1 aliphatic carbocycles. The number of rotatable bonds is 1. The molecule has 5 nitrogen and oxygen atoms in total. The molecular formula is C11H11BrF4N2O3. The van der Waals surface area contributed by atoms with Gasteiger partial charge < -0.3 is 15.9 Å². The van der Waals surface area contributed by atoms with E-state index in [1.807, 2.05) is 0 Å². The largest absolute Gasteiger partial charge is 0.490 e. The Bertz CT molecular complexity index is 533. The Morgan fingerprint density at radius 1 is 1.43 bits per heavy atom. The van der Waals surface area contributed by atoms with Gasteiger partial charge in [-0.25, -0.2) is 9.78 Å². The molecule has 0 unspecified atom stereocenters. The quantitative estimate of drug-likeness (QED) is 0.515. The number of halogens is 5. The van der Waals surface area contributed by atoms with Gasteiger partial charge in [0.15, 0.2) is 0 Å². The summed E-state index contributed by atoms with van der Waals surface area (Å²) >= 11 is 3.06. The van der Waals surface area contributed by atoms with Gasteiger partial charge >= 0.3 is 12.1 Å². The summed E-state index contributed by atoms with van der Waals surface area (Å²) in [5, 5.41) is 17.1. The Morgan fingerprint density at radius 3 is 2.24 bits per heavy atom. The summed E-state index contributed by atoms with van der Waals surface area (Å²) in [6, 6.07) is 3.11. The fourth-order valence-corrected chi connectivity index (χ4v) is 2.07. The highest BCUT2D eigenvalue weighted by atomic mass is 79.9. The van der Waals surface area contributed by atoms with E-state index in [4.69, 9.17) is 15.6 Å². The highest BCUT2D eigenvalue weighted by Crippen LogP contribution is 2.41. The van der Waals surface area contributed by atoms with E-state index in [9.17, 15) is 22.7 Å². The van der Waals surface area contributed by atoms with Crippen molar-refractivity contribution in [1.29, 1.82) is 0 Å². The van der Waals surface area contributed by atoms with Crippen LogP contribution in [0.2, 0.25) is 0 Å². The maximum atomic E-state index is 13.4. The van der Waals surface area contributed by atoms with Crippen LogP contribution in [0.25, 0.3) is 0 Å². The minimum Gasteiger partial charge on any atom is -0.475 e. The zero-order chi connectivity index (χ0) is 16.4. The van der Waals surface area contributed by atoms with Crippen molar-refractivity contribution in [2.45, 2.75) is 30.7 Å². The molecule has 0 amide bonds. The van der Waals surface area contributed by atoms with Gasteiger partial charge in [-0.2, -0.15) is 17.6 Å². The molecule has 1 aliphatic rings. The second-order valence-electron chi connectivity index (χ2n) is 4.48. The lowest BCUT2D eigenvalue weighted by Crippen LogP contribution is -2.49. The summed E-state index contributed by atoms with van der Waals surface area (Å²) in [7, 11) is 0. The summed E-state index contributed by atoms with van der Waals surface area (Å²) < 4.78 is 45.5. The maximum absolute atomic E-state index is 13.4. The molecule has 0 saturated heterocycles. The summed E-state index contributed by atoms with van der Waals surface area (Å²) in [6.07, 6.45) is -4.29. The van der Waals surface area contributed by atoms with Crippen molar-refractivity contribution in [3.8, 4) is 0 Å². The second kappa shape index (κ2) is 6.24. The van der Waals surface area contributed by atoms with E-state index < -0.39 is 23.7 Å². The minimum absolute atomic E-state index is 0.0388. The van der Waals surface area contributed by atoms with Crippen LogP contribution >= 0.6 is 15.9 Å². The number of hydrogen-bond acceptors (Lipinski definition) is 4. The smallest absolute Gasteiger partial charge is 0.475 e. The average Bonchev–Trinajstić information content (AvgIpc) is 2.26. The van der Waals surface area contributed by atoms with Crippen molar-refractivity contribution in [3.05, 3.63) is 28.2 Å². The van der Waals surface area contributed by atoms with Gasteiger partial charge in [-0.1, -0.05) is 0 Å². The number of carbonyl (C=O) groups is 1. The van der Waals surface area contributed by atoms with Crippen LogP contribution < -0.4 is 5.73 Å². The van der Waals surface area contributed by atoms with Crippen molar-refractivity contribution in [1.82, 2.24) is 4.98 Å². The van der Waals surface area contributed by atoms with Crippen LogP contribution in [0.1, 0.15) is 18.4 Å². The van der Waals surface area contributed by atoms with Crippen LogP contribution in [-0.4, -0.2) is 33.4 Å². The van der Waals surface area contributed by atoms with Crippen molar-refractivity contribution in [2.75, 3.05) is 0 Å². The number of nitrogens with two attached hydrogens (primary N) is 1. The highest BCUT2D eigenvalue weighted by molar-refractivity contribution is 9.10. The average molecular weight is 375 g/mol. The number of pyridine rings is 1. The SMILES string of the molecule is NC1CC(O)(c2ccc(Br)nc2F)C1.O=C(O)C(F)(F)F. The van der Waals surface area contributed by atoms with E-state index >= 15 is 0 Å². The lowest BCUT2D eigenvalue weighted by Gasteiger charge is -2.41. The number of aliphatic carboxylic acids is 1. The summed E-state index contributed by atoms with van der Waals surface area (Å²) in [5.41, 5.74) is 4.68. The van der Waals surface area contributed by atoms with Crippen LogP contribution in [0.15, 0.2) is 16.7 Å². The van der Waals surface area contributed by atoms with Gasteiger partial charge in [0.2, 0.25) is 5.95 Å². The normalized spacial score (nSPS) is 24.6. The summed E-state index contributed by atoms with van der Waals surface area (Å²) in [6.45, 7) is 0. The molecule has 0 aliphatic heterocycles. The van der Waals surface area contributed by atoms with Gasteiger partial charge in [0.05, 0.1) is 5.60 Å². The van der Waals surface area contributed by atoms with E-state index in [1.54, 1.807) is 6.07 Å². The number of aromatic nitrogens is 1. The second-order valence-corrected chi connectivity index (χ2v) is 5.29. The zero-order valence-electron chi connectivity index (χ0n) is 10.4. The number of aliphatic hydroxyl groups is 1. The van der Waals surface area contributed by atoms with Crippen molar-refractivity contribution in [2.24, 2.45) is 5.73 Å². The molecule has 1 saturated carbocycles. The maximum Gasteiger partial charge on any atom is 0.490 e. The molecular weight excluding hydrogens is 364 g/mol. The van der Waals surface area contributed by atoms with Crippen LogP contribution in [0.3, 0.4) is 0 Å². The van der Waals surface area contributed by atoms with Gasteiger partial charge in [0.25, 0.3) is 0 Å². The molecule has 0 radical (unpaired) electrons. The third-order valence-corrected chi connectivity index (χ3v) is 3.20. The first-order chi connectivity index (χ1) is 9.45. The molecule has 0 bridgehead atoms. The Kier molecular flexibility index (Phi) is 5.29. The molecule has 10 heteroatoms. The minimum atomic E-state index is -5.08. The molecule has 21 heavy (non-hydrogen) atoms. The Labute approximate surface area is 124 Å². The van der Waals surface area contributed by atoms with Gasteiger partial charge in [-0.3, -0.25) is 0 Å². The van der Waals surface area contributed by atoms with Crippen molar-refractivity contribution < 1.29 is 32.6 Å². The molecule has 1 fully saturated rings. The first kappa shape index (κ1) is 17.8. The van der Waals surface area contributed by atoms with Crippen molar-refractivity contribution in [3.63, 3.8) is 0 Å². The van der Waals surface area contributed by atoms with Gasteiger partial charge in [0.1, 0.15) is 4.60 Å². The van der Waals surface area contributed by atoms with Crippen molar-refractivity contribution >= 4 is 21.9 Å². The lowest BCUT2D eigenvalue weighted by molar-refractivity contribution is -0.192. The fourth-order valence-electron chi connectivity index (χ4n) is 1.79. The Balaban J connectivity index is 0.000000270. The van der Waals surface area contributed by atoms with Crippen LogP contribution in [0, 0.1) is 5.95 Å². The van der Waals surface area contributed by atoms with Crippen LogP contribution in [-0.2, 0) is 10.4 Å². The molecule has 118 valence electrons. The number of nitrogens with zero attached hydrogens (tertiary/aromatic N) is 1. The fraction of sp³-hybridized carbons (Fsp3) is 0.455. The van der Waals surface area contributed by atoms with Crippen LogP contribution in [0.5, 0.6) is 0 Å². The van der Waals surface area contributed by atoms with Gasteiger partial charge in [0, 0.05) is 11.6 Å². The molecule has 4 N–H and O–H groups in total. The van der Waals surface area contributed by atoms with E-state index in [2.05, 4.69) is 20.9 Å². The monoisotopic (exact) mass is 374 g/mol. The first-order valence-electron chi connectivity index (χ1n) is 5.56. The van der Waals surface area contributed by atoms with E-state index in [-0.39, 0.29) is 11.6 Å². The molecule has 1 aromatic rings. The Hall–Kier alpha value is -1.26. The third-order valence-electron chi connectivity index (χ3n) is 2.76. The Morgan fingerprint density at radius 2 is 1.90 bits per heavy atom. The summed E-state index contributed by atoms with van der Waals surface area (Å²) in [4.78, 5) is 12.5. The standard InChI is InChI=1S/C9H10BrFN2O.C2HF3O2/c10-7-2-1-6(8(11)13-7)9(14)3-5(12)4-9;3-2(4,5)1(6)7/h1-2,5,14H,3-4,12H2;(H,6,7). The van der Waals surface area contributed by atoms with E-state index in [1.165, 1.54) is 6.07 Å². The highest BCUT2D eigenvalue weighted by Gasteiger charge is 2.44. The molecule has 0 spiro atoms. The zero-order valence-corrected chi connectivity index (χ0v) is 11.9. The number of alkyl halides is 3. The number of carboxylic acids is 1. The predicted octanol–water partition coefficient (Wildman–Crippen LogP) is 1.93. The van der Waals surface area contributed by atoms with E-state index in [0.717, 1.165) is 0 Å². The predicted molar refractivity (Wildman–Crippen MR) is 66.7 cm³/mol. The molecule has 2 rings (SSSR count). The molecule has 0 atom stereocenters. The molecule has 0 aromatic carbocycles.